The molecule has 0 unspecified atom stereocenters. The third-order valence-corrected chi connectivity index (χ3v) is 4.71. The maximum atomic E-state index is 13.4. The van der Waals surface area contributed by atoms with Crippen molar-refractivity contribution in [2.24, 2.45) is 0 Å². The van der Waals surface area contributed by atoms with Gasteiger partial charge in [0.15, 0.2) is 5.69 Å². The Labute approximate surface area is 134 Å². The van der Waals surface area contributed by atoms with E-state index in [0.29, 0.717) is 24.6 Å². The number of piperidine rings is 1. The molecule has 9 heteroatoms. The molecule has 0 saturated carbocycles. The Morgan fingerprint density at radius 3 is 2.61 bits per heavy atom. The molecule has 23 heavy (non-hydrogen) atoms. The fourth-order valence-electron chi connectivity index (χ4n) is 2.67. The lowest BCUT2D eigenvalue weighted by Gasteiger charge is -2.28. The molecule has 2 aromatic rings. The van der Waals surface area contributed by atoms with E-state index in [4.69, 9.17) is 0 Å². The second kappa shape index (κ2) is 5.95. The van der Waals surface area contributed by atoms with Crippen LogP contribution in [0.2, 0.25) is 0 Å². The molecule has 124 valence electrons. The first-order valence-corrected chi connectivity index (χ1v) is 8.04. The molecule has 0 atom stereocenters. The minimum Gasteiger partial charge on any atom is -0.357 e. The van der Waals surface area contributed by atoms with Gasteiger partial charge in [-0.25, -0.2) is 4.98 Å². The van der Waals surface area contributed by atoms with Crippen molar-refractivity contribution < 1.29 is 18.0 Å². The van der Waals surface area contributed by atoms with Crippen LogP contribution in [-0.2, 0) is 6.18 Å². The summed E-state index contributed by atoms with van der Waals surface area (Å²) < 4.78 is 43.9. The zero-order valence-electron chi connectivity index (χ0n) is 12.4. The second-order valence-electron chi connectivity index (χ2n) is 5.36. The van der Waals surface area contributed by atoms with E-state index in [1.165, 1.54) is 7.05 Å². The van der Waals surface area contributed by atoms with Crippen LogP contribution in [0.1, 0.15) is 35.3 Å². The topological polar surface area (TPSA) is 58.1 Å². The number of pyridine rings is 1. The second-order valence-corrected chi connectivity index (χ2v) is 6.13. The van der Waals surface area contributed by atoms with Crippen LogP contribution in [0.4, 0.5) is 19.0 Å². The number of alkyl halides is 3. The van der Waals surface area contributed by atoms with Gasteiger partial charge in [-0.15, -0.1) is 0 Å². The molecule has 0 radical (unpaired) electrons. The van der Waals surface area contributed by atoms with E-state index in [1.54, 1.807) is 0 Å². The third kappa shape index (κ3) is 2.97. The van der Waals surface area contributed by atoms with Gasteiger partial charge in [0.2, 0.25) is 0 Å². The fraction of sp³-hybridized carbons (Fsp3) is 0.500. The van der Waals surface area contributed by atoms with Crippen molar-refractivity contribution in [1.29, 1.82) is 0 Å². The molecule has 1 aliphatic rings. The Bertz CT molecular complexity index is 737. The first-order valence-electron chi connectivity index (χ1n) is 7.26. The molecule has 1 saturated heterocycles. The van der Waals surface area contributed by atoms with E-state index < -0.39 is 17.6 Å². The Morgan fingerprint density at radius 2 is 2.00 bits per heavy atom. The summed E-state index contributed by atoms with van der Waals surface area (Å²) >= 11 is 0.655. The number of amides is 1. The van der Waals surface area contributed by atoms with Crippen LogP contribution in [0.15, 0.2) is 6.07 Å². The van der Waals surface area contributed by atoms with Crippen molar-refractivity contribution in [2.45, 2.75) is 25.4 Å². The molecule has 0 aliphatic carbocycles. The van der Waals surface area contributed by atoms with Crippen LogP contribution >= 0.6 is 11.5 Å². The number of hydrogen-bond donors (Lipinski definition) is 1. The molecular formula is C14H15F3N4OS. The third-order valence-electron chi connectivity index (χ3n) is 3.84. The van der Waals surface area contributed by atoms with Gasteiger partial charge in [0.05, 0.1) is 10.3 Å². The molecular weight excluding hydrogens is 329 g/mol. The van der Waals surface area contributed by atoms with Gasteiger partial charge >= 0.3 is 6.18 Å². The van der Waals surface area contributed by atoms with E-state index in [1.807, 2.05) is 4.90 Å². The minimum absolute atomic E-state index is 0.0183. The summed E-state index contributed by atoms with van der Waals surface area (Å²) in [6.45, 7) is 1.34. The largest absolute Gasteiger partial charge is 0.418 e. The summed E-state index contributed by atoms with van der Waals surface area (Å²) in [5, 5.41) is 2.39. The van der Waals surface area contributed by atoms with E-state index in [2.05, 4.69) is 14.7 Å². The van der Waals surface area contributed by atoms with Crippen molar-refractivity contribution >= 4 is 33.5 Å². The Kier molecular flexibility index (Phi) is 4.13. The number of nitrogens with zero attached hydrogens (tertiary/aromatic N) is 3. The molecule has 0 bridgehead atoms. The minimum atomic E-state index is -4.52. The Hall–Kier alpha value is -1.90. The van der Waals surface area contributed by atoms with Gasteiger partial charge in [0.1, 0.15) is 11.3 Å². The van der Waals surface area contributed by atoms with Crippen molar-refractivity contribution in [3.63, 3.8) is 0 Å². The molecule has 5 nitrogen and oxygen atoms in total. The monoisotopic (exact) mass is 344 g/mol. The summed E-state index contributed by atoms with van der Waals surface area (Å²) in [7, 11) is 1.41. The van der Waals surface area contributed by atoms with E-state index in [-0.39, 0.29) is 21.7 Å². The maximum absolute atomic E-state index is 13.4. The van der Waals surface area contributed by atoms with Crippen molar-refractivity contribution in [3.05, 3.63) is 17.3 Å². The SMILES string of the molecule is CNC(=O)c1nsc2c(C(F)(F)F)cc(N3CCCCC3)nc12. The summed E-state index contributed by atoms with van der Waals surface area (Å²) in [6.07, 6.45) is -1.61. The standard InChI is InChI=1S/C14H15F3N4OS/c1-18-13(22)11-10-12(23-20-11)8(14(15,16)17)7-9(19-10)21-5-3-2-4-6-21/h7H,2-6H2,1H3,(H,18,22). The number of anilines is 1. The Morgan fingerprint density at radius 1 is 1.30 bits per heavy atom. The average Bonchev–Trinajstić information content (AvgIpc) is 2.97. The normalized spacial score (nSPS) is 15.9. The van der Waals surface area contributed by atoms with Crippen molar-refractivity contribution in [2.75, 3.05) is 25.0 Å². The molecule has 3 heterocycles. The van der Waals surface area contributed by atoms with E-state index in [9.17, 15) is 18.0 Å². The van der Waals surface area contributed by atoms with Gasteiger partial charge in [-0.3, -0.25) is 4.79 Å². The lowest BCUT2D eigenvalue weighted by atomic mass is 10.1. The zero-order valence-corrected chi connectivity index (χ0v) is 13.2. The predicted octanol–water partition coefficient (Wildman–Crippen LogP) is 3.06. The molecule has 2 aromatic heterocycles. The summed E-state index contributed by atoms with van der Waals surface area (Å²) in [4.78, 5) is 18.0. The van der Waals surface area contributed by atoms with Crippen LogP contribution in [-0.4, -0.2) is 35.4 Å². The molecule has 1 fully saturated rings. The molecule has 1 aliphatic heterocycles. The van der Waals surface area contributed by atoms with Gasteiger partial charge in [0.25, 0.3) is 5.91 Å². The number of hydrogen-bond acceptors (Lipinski definition) is 5. The molecule has 1 amide bonds. The smallest absolute Gasteiger partial charge is 0.357 e. The maximum Gasteiger partial charge on any atom is 0.418 e. The highest BCUT2D eigenvalue weighted by Crippen LogP contribution is 2.39. The van der Waals surface area contributed by atoms with E-state index in [0.717, 1.165) is 25.3 Å². The first-order chi connectivity index (χ1) is 10.9. The fourth-order valence-corrected chi connectivity index (χ4v) is 3.52. The van der Waals surface area contributed by atoms with Crippen LogP contribution in [0.25, 0.3) is 10.2 Å². The number of rotatable bonds is 2. The number of aromatic nitrogens is 2. The number of fused-ring (bicyclic) bond motifs is 1. The number of carbonyl (C=O) groups is 1. The van der Waals surface area contributed by atoms with Crippen molar-refractivity contribution in [3.8, 4) is 0 Å². The Balaban J connectivity index is 2.19. The summed E-state index contributed by atoms with van der Waals surface area (Å²) in [6, 6.07) is 1.07. The highest BCUT2D eigenvalue weighted by molar-refractivity contribution is 7.13. The van der Waals surface area contributed by atoms with Crippen LogP contribution in [0, 0.1) is 0 Å². The van der Waals surface area contributed by atoms with Crippen LogP contribution < -0.4 is 10.2 Å². The van der Waals surface area contributed by atoms with Gasteiger partial charge < -0.3 is 10.2 Å². The van der Waals surface area contributed by atoms with Gasteiger partial charge in [-0.1, -0.05) is 0 Å². The average molecular weight is 344 g/mol. The zero-order chi connectivity index (χ0) is 16.6. The number of nitrogens with one attached hydrogen (secondary N) is 1. The highest BCUT2D eigenvalue weighted by Gasteiger charge is 2.36. The summed E-state index contributed by atoms with van der Waals surface area (Å²) in [5.74, 6) is -0.275. The lowest BCUT2D eigenvalue weighted by Crippen LogP contribution is -2.30. The molecule has 1 N–H and O–H groups in total. The molecule has 3 rings (SSSR count). The van der Waals surface area contributed by atoms with Gasteiger partial charge in [-0.05, 0) is 36.9 Å². The highest BCUT2D eigenvalue weighted by atomic mass is 32.1. The van der Waals surface area contributed by atoms with Gasteiger partial charge in [0, 0.05) is 20.1 Å². The van der Waals surface area contributed by atoms with Crippen LogP contribution in [0.5, 0.6) is 0 Å². The van der Waals surface area contributed by atoms with Gasteiger partial charge in [-0.2, -0.15) is 17.5 Å². The van der Waals surface area contributed by atoms with Crippen molar-refractivity contribution in [1.82, 2.24) is 14.7 Å². The predicted molar refractivity (Wildman–Crippen MR) is 81.9 cm³/mol. The summed E-state index contributed by atoms with van der Waals surface area (Å²) in [5.41, 5.74) is -0.822. The van der Waals surface area contributed by atoms with Crippen LogP contribution in [0.3, 0.4) is 0 Å². The quantitative estimate of drug-likeness (QED) is 0.910. The first kappa shape index (κ1) is 16.0. The number of carbonyl (C=O) groups excluding carboxylic acids is 1. The van der Waals surface area contributed by atoms with E-state index >= 15 is 0 Å². The lowest BCUT2D eigenvalue weighted by molar-refractivity contribution is -0.136. The molecule has 0 spiro atoms. The number of halogens is 3. The molecule has 0 aromatic carbocycles.